The standard InChI is InChI=1S/C24H22ClN7O3S/c1-13-11-16(12-18(25)28-13)21-20(15-7-4-3-5-8-15)32-23(26)22(31-21)24(33)29-14(2)17-9-6-10-19(30-17)36(27,34)35/h3-12,14H,1-2H3,(H2,26,32)(H,29,33)(H2,27,34,35). The molecule has 0 aliphatic heterocycles. The summed E-state index contributed by atoms with van der Waals surface area (Å²) >= 11 is 6.19. The Morgan fingerprint density at radius 3 is 2.31 bits per heavy atom. The molecule has 184 valence electrons. The maximum Gasteiger partial charge on any atom is 0.274 e. The van der Waals surface area contributed by atoms with Crippen molar-refractivity contribution in [1.29, 1.82) is 0 Å². The number of pyridine rings is 2. The van der Waals surface area contributed by atoms with Crippen LogP contribution in [-0.2, 0) is 10.0 Å². The third kappa shape index (κ3) is 5.48. The van der Waals surface area contributed by atoms with Crippen LogP contribution in [0.15, 0.2) is 65.7 Å². The van der Waals surface area contributed by atoms with Crippen molar-refractivity contribution >= 4 is 33.3 Å². The number of nitrogens with zero attached hydrogens (tertiary/aromatic N) is 4. The predicted molar refractivity (Wildman–Crippen MR) is 136 cm³/mol. The molecule has 0 fully saturated rings. The molecule has 1 amide bonds. The van der Waals surface area contributed by atoms with Gasteiger partial charge in [0.2, 0.25) is 0 Å². The number of carbonyl (C=O) groups excluding carboxylic acids is 1. The van der Waals surface area contributed by atoms with Gasteiger partial charge in [0.15, 0.2) is 16.5 Å². The van der Waals surface area contributed by atoms with Gasteiger partial charge in [0, 0.05) is 16.8 Å². The molecule has 0 aliphatic rings. The number of anilines is 1. The van der Waals surface area contributed by atoms with E-state index in [2.05, 4.69) is 25.3 Å². The number of nitrogen functional groups attached to an aromatic ring is 1. The van der Waals surface area contributed by atoms with E-state index in [1.165, 1.54) is 12.1 Å². The molecule has 36 heavy (non-hydrogen) atoms. The smallest absolute Gasteiger partial charge is 0.274 e. The fourth-order valence-corrected chi connectivity index (χ4v) is 4.30. The molecule has 0 saturated carbocycles. The minimum absolute atomic E-state index is 0.0783. The van der Waals surface area contributed by atoms with Crippen molar-refractivity contribution in [3.8, 4) is 22.5 Å². The van der Waals surface area contributed by atoms with E-state index in [9.17, 15) is 13.2 Å². The lowest BCUT2D eigenvalue weighted by Gasteiger charge is -2.16. The molecule has 1 unspecified atom stereocenters. The number of sulfonamides is 1. The van der Waals surface area contributed by atoms with Crippen molar-refractivity contribution in [2.75, 3.05) is 5.73 Å². The molecule has 4 rings (SSSR count). The number of aryl methyl sites for hydroxylation is 1. The fraction of sp³-hybridized carbons (Fsp3) is 0.125. The van der Waals surface area contributed by atoms with E-state index in [1.54, 1.807) is 32.0 Å². The van der Waals surface area contributed by atoms with Gasteiger partial charge >= 0.3 is 0 Å². The van der Waals surface area contributed by atoms with Gasteiger partial charge in [0.05, 0.1) is 23.1 Å². The quantitative estimate of drug-likeness (QED) is 0.323. The summed E-state index contributed by atoms with van der Waals surface area (Å²) < 4.78 is 23.3. The van der Waals surface area contributed by atoms with Crippen molar-refractivity contribution in [1.82, 2.24) is 25.3 Å². The third-order valence-electron chi connectivity index (χ3n) is 5.21. The van der Waals surface area contributed by atoms with Crippen molar-refractivity contribution < 1.29 is 13.2 Å². The molecular weight excluding hydrogens is 502 g/mol. The number of benzene rings is 1. The number of hydrogen-bond donors (Lipinski definition) is 3. The molecule has 0 spiro atoms. The SMILES string of the molecule is Cc1cc(-c2nc(C(=O)NC(C)c3cccc(S(N)(=O)=O)n3)c(N)nc2-c2ccccc2)cc(Cl)n1. The monoisotopic (exact) mass is 523 g/mol. The van der Waals surface area contributed by atoms with Crippen LogP contribution >= 0.6 is 11.6 Å². The highest BCUT2D eigenvalue weighted by atomic mass is 35.5. The lowest BCUT2D eigenvalue weighted by molar-refractivity contribution is 0.0935. The summed E-state index contributed by atoms with van der Waals surface area (Å²) in [5.41, 5.74) is 9.26. The Kier molecular flexibility index (Phi) is 6.97. The van der Waals surface area contributed by atoms with Crippen LogP contribution in [0.2, 0.25) is 5.15 Å². The zero-order valence-corrected chi connectivity index (χ0v) is 20.9. The average Bonchev–Trinajstić information content (AvgIpc) is 2.83. The van der Waals surface area contributed by atoms with Crippen LogP contribution in [0.25, 0.3) is 22.5 Å². The minimum Gasteiger partial charge on any atom is -0.382 e. The minimum atomic E-state index is -4.00. The van der Waals surface area contributed by atoms with Gasteiger partial charge in [-0.05, 0) is 38.1 Å². The number of amides is 1. The normalized spacial score (nSPS) is 12.2. The van der Waals surface area contributed by atoms with Gasteiger partial charge in [0.1, 0.15) is 5.15 Å². The third-order valence-corrected chi connectivity index (χ3v) is 6.21. The highest BCUT2D eigenvalue weighted by Crippen LogP contribution is 2.32. The molecule has 3 aromatic heterocycles. The summed E-state index contributed by atoms with van der Waals surface area (Å²) in [6, 6.07) is 16.3. The van der Waals surface area contributed by atoms with E-state index in [0.29, 0.717) is 28.3 Å². The zero-order valence-electron chi connectivity index (χ0n) is 19.3. The van der Waals surface area contributed by atoms with Crippen molar-refractivity contribution in [3.05, 3.63) is 82.9 Å². The van der Waals surface area contributed by atoms with Gasteiger partial charge in [-0.3, -0.25) is 4.79 Å². The topological polar surface area (TPSA) is 167 Å². The zero-order chi connectivity index (χ0) is 26.0. The van der Waals surface area contributed by atoms with Crippen LogP contribution in [0.1, 0.15) is 34.8 Å². The van der Waals surface area contributed by atoms with Crippen LogP contribution < -0.4 is 16.2 Å². The molecular formula is C24H22ClN7O3S. The lowest BCUT2D eigenvalue weighted by Crippen LogP contribution is -2.29. The molecule has 3 heterocycles. The number of nitrogens with one attached hydrogen (secondary N) is 1. The molecule has 0 bridgehead atoms. The molecule has 0 aliphatic carbocycles. The van der Waals surface area contributed by atoms with Crippen molar-refractivity contribution in [2.45, 2.75) is 24.9 Å². The number of nitrogens with two attached hydrogens (primary N) is 2. The number of hydrogen-bond acceptors (Lipinski definition) is 8. The molecule has 4 aromatic rings. The first kappa shape index (κ1) is 25.2. The summed E-state index contributed by atoms with van der Waals surface area (Å²) in [4.78, 5) is 30.5. The van der Waals surface area contributed by atoms with E-state index >= 15 is 0 Å². The molecule has 10 nitrogen and oxygen atoms in total. The highest BCUT2D eigenvalue weighted by molar-refractivity contribution is 7.89. The Morgan fingerprint density at radius 2 is 1.64 bits per heavy atom. The molecule has 0 saturated heterocycles. The van der Waals surface area contributed by atoms with E-state index in [-0.39, 0.29) is 21.7 Å². The van der Waals surface area contributed by atoms with Gasteiger partial charge < -0.3 is 11.1 Å². The summed E-state index contributed by atoms with van der Waals surface area (Å²) in [6.45, 7) is 3.43. The van der Waals surface area contributed by atoms with E-state index in [0.717, 1.165) is 5.56 Å². The predicted octanol–water partition coefficient (Wildman–Crippen LogP) is 3.28. The van der Waals surface area contributed by atoms with Crippen LogP contribution in [0.3, 0.4) is 0 Å². The maximum absolute atomic E-state index is 13.2. The van der Waals surface area contributed by atoms with Crippen LogP contribution in [0.5, 0.6) is 0 Å². The van der Waals surface area contributed by atoms with Gasteiger partial charge in [-0.15, -0.1) is 0 Å². The summed E-state index contributed by atoms with van der Waals surface area (Å²) in [7, 11) is -4.00. The largest absolute Gasteiger partial charge is 0.382 e. The van der Waals surface area contributed by atoms with Gasteiger partial charge in [-0.1, -0.05) is 48.0 Å². The number of aromatic nitrogens is 4. The molecule has 0 radical (unpaired) electrons. The number of primary sulfonamides is 1. The van der Waals surface area contributed by atoms with Gasteiger partial charge in [0.25, 0.3) is 15.9 Å². The van der Waals surface area contributed by atoms with E-state index in [1.807, 2.05) is 30.3 Å². The lowest BCUT2D eigenvalue weighted by atomic mass is 10.0. The van der Waals surface area contributed by atoms with Crippen LogP contribution in [0.4, 0.5) is 5.82 Å². The first-order valence-corrected chi connectivity index (χ1v) is 12.6. The summed E-state index contributed by atoms with van der Waals surface area (Å²) in [5, 5.41) is 7.86. The first-order chi connectivity index (χ1) is 17.0. The molecule has 1 aromatic carbocycles. The Morgan fingerprint density at radius 1 is 0.944 bits per heavy atom. The van der Waals surface area contributed by atoms with Crippen molar-refractivity contribution in [2.24, 2.45) is 5.14 Å². The molecule has 12 heteroatoms. The maximum atomic E-state index is 13.2. The second-order valence-corrected chi connectivity index (χ2v) is 9.88. The number of rotatable bonds is 6. The fourth-order valence-electron chi connectivity index (χ4n) is 3.55. The summed E-state index contributed by atoms with van der Waals surface area (Å²) in [5.74, 6) is -0.696. The second kappa shape index (κ2) is 9.97. The number of carbonyl (C=O) groups is 1. The number of halogens is 1. The first-order valence-electron chi connectivity index (χ1n) is 10.7. The van der Waals surface area contributed by atoms with Crippen LogP contribution in [-0.4, -0.2) is 34.3 Å². The van der Waals surface area contributed by atoms with E-state index in [4.69, 9.17) is 22.5 Å². The Bertz CT molecular complexity index is 1540. The molecule has 5 N–H and O–H groups in total. The highest BCUT2D eigenvalue weighted by Gasteiger charge is 2.23. The van der Waals surface area contributed by atoms with Gasteiger partial charge in [-0.25, -0.2) is 33.5 Å². The second-order valence-electron chi connectivity index (χ2n) is 7.98. The Balaban J connectivity index is 1.76. The van der Waals surface area contributed by atoms with Crippen molar-refractivity contribution in [3.63, 3.8) is 0 Å². The van der Waals surface area contributed by atoms with Gasteiger partial charge in [-0.2, -0.15) is 0 Å². The Hall–Kier alpha value is -3.93. The molecule has 1 atom stereocenters. The van der Waals surface area contributed by atoms with Crippen LogP contribution in [0, 0.1) is 6.92 Å². The average molecular weight is 524 g/mol. The Labute approximate surface area is 212 Å². The summed E-state index contributed by atoms with van der Waals surface area (Å²) in [6.07, 6.45) is 0. The van der Waals surface area contributed by atoms with E-state index < -0.39 is 22.0 Å².